The molecule has 0 atom stereocenters. The van der Waals surface area contributed by atoms with Gasteiger partial charge in [0, 0.05) is 18.8 Å². The Morgan fingerprint density at radius 2 is 2.17 bits per heavy atom. The average Bonchev–Trinajstić information content (AvgIpc) is 2.16. The number of rotatable bonds is 3. The van der Waals surface area contributed by atoms with E-state index in [0.29, 0.717) is 18.8 Å². The van der Waals surface area contributed by atoms with Gasteiger partial charge in [-0.15, -0.1) is 0 Å². The van der Waals surface area contributed by atoms with E-state index in [2.05, 4.69) is 15.3 Å². The molecule has 0 unspecified atom stereocenters. The van der Waals surface area contributed by atoms with Gasteiger partial charge >= 0.3 is 0 Å². The smallest absolute Gasteiger partial charge is 0.220 e. The molecule has 4 heteroatoms. The Labute approximate surface area is 71.0 Å². The lowest BCUT2D eigenvalue weighted by molar-refractivity contribution is -0.120. The van der Waals surface area contributed by atoms with Crippen LogP contribution in [0.3, 0.4) is 0 Å². The van der Waals surface area contributed by atoms with Crippen LogP contribution in [0, 0.1) is 0 Å². The third-order valence-electron chi connectivity index (χ3n) is 1.38. The van der Waals surface area contributed by atoms with Crippen molar-refractivity contribution in [2.75, 3.05) is 0 Å². The normalized spacial score (nSPS) is 9.42. The second-order valence-corrected chi connectivity index (χ2v) is 2.30. The molecule has 0 radical (unpaired) electrons. The van der Waals surface area contributed by atoms with Gasteiger partial charge in [0.2, 0.25) is 5.91 Å². The zero-order valence-corrected chi connectivity index (χ0v) is 6.95. The molecule has 0 bridgehead atoms. The fourth-order valence-corrected chi connectivity index (χ4v) is 0.724. The highest BCUT2D eigenvalue weighted by molar-refractivity contribution is 5.75. The predicted molar refractivity (Wildman–Crippen MR) is 44.2 cm³/mol. The van der Waals surface area contributed by atoms with Gasteiger partial charge in [0.1, 0.15) is 5.82 Å². The quantitative estimate of drug-likeness (QED) is 0.709. The molecule has 1 heterocycles. The van der Waals surface area contributed by atoms with Gasteiger partial charge in [-0.2, -0.15) is 0 Å². The van der Waals surface area contributed by atoms with Crippen LogP contribution < -0.4 is 5.32 Å². The van der Waals surface area contributed by atoms with Crippen LogP contribution in [-0.4, -0.2) is 15.9 Å². The van der Waals surface area contributed by atoms with Crippen LogP contribution in [0.4, 0.5) is 0 Å². The maximum absolute atomic E-state index is 10.8. The zero-order valence-electron chi connectivity index (χ0n) is 6.95. The van der Waals surface area contributed by atoms with Crippen LogP contribution >= 0.6 is 0 Å². The molecular formula is C8H11N3O. The highest BCUT2D eigenvalue weighted by atomic mass is 16.1. The molecule has 1 aromatic heterocycles. The van der Waals surface area contributed by atoms with Crippen LogP contribution in [-0.2, 0) is 11.3 Å². The van der Waals surface area contributed by atoms with Crippen LogP contribution in [0.2, 0.25) is 0 Å². The number of hydrogen-bond acceptors (Lipinski definition) is 3. The van der Waals surface area contributed by atoms with E-state index in [4.69, 9.17) is 0 Å². The van der Waals surface area contributed by atoms with Gasteiger partial charge in [0.25, 0.3) is 0 Å². The van der Waals surface area contributed by atoms with Crippen molar-refractivity contribution in [2.45, 2.75) is 19.9 Å². The molecule has 12 heavy (non-hydrogen) atoms. The number of nitrogens with zero attached hydrogens (tertiary/aromatic N) is 2. The first-order valence-corrected chi connectivity index (χ1v) is 3.85. The van der Waals surface area contributed by atoms with E-state index in [1.54, 1.807) is 25.4 Å². The highest BCUT2D eigenvalue weighted by Crippen LogP contribution is 1.86. The Morgan fingerprint density at radius 3 is 2.75 bits per heavy atom. The monoisotopic (exact) mass is 165 g/mol. The minimum Gasteiger partial charge on any atom is -0.349 e. The minimum absolute atomic E-state index is 0.0162. The number of nitrogens with one attached hydrogen (secondary N) is 1. The highest BCUT2D eigenvalue weighted by Gasteiger charge is 1.97. The Bertz CT molecular complexity index is 248. The topological polar surface area (TPSA) is 54.9 Å². The van der Waals surface area contributed by atoms with Crippen molar-refractivity contribution in [3.05, 3.63) is 24.3 Å². The van der Waals surface area contributed by atoms with E-state index in [1.165, 1.54) is 0 Å². The van der Waals surface area contributed by atoms with Gasteiger partial charge in [0.05, 0.1) is 6.54 Å². The molecule has 64 valence electrons. The number of carbonyl (C=O) groups is 1. The molecule has 1 N–H and O–H groups in total. The summed E-state index contributed by atoms with van der Waals surface area (Å²) in [5.41, 5.74) is 0. The predicted octanol–water partition coefficient (Wildman–Crippen LogP) is 0.503. The van der Waals surface area contributed by atoms with Gasteiger partial charge in [-0.25, -0.2) is 9.97 Å². The first-order valence-electron chi connectivity index (χ1n) is 3.85. The SMILES string of the molecule is CCC(=O)NCc1ncccn1. The van der Waals surface area contributed by atoms with E-state index in [9.17, 15) is 4.79 Å². The van der Waals surface area contributed by atoms with Gasteiger partial charge in [-0.1, -0.05) is 6.92 Å². The van der Waals surface area contributed by atoms with E-state index in [-0.39, 0.29) is 5.91 Å². The summed E-state index contributed by atoms with van der Waals surface area (Å²) in [6.07, 6.45) is 3.80. The van der Waals surface area contributed by atoms with Crippen LogP contribution in [0.25, 0.3) is 0 Å². The van der Waals surface area contributed by atoms with Gasteiger partial charge < -0.3 is 5.32 Å². The summed E-state index contributed by atoms with van der Waals surface area (Å²) in [6, 6.07) is 1.74. The number of amides is 1. The molecule has 1 aromatic rings. The van der Waals surface area contributed by atoms with Gasteiger partial charge in [-0.05, 0) is 6.07 Å². The van der Waals surface area contributed by atoms with Crippen molar-refractivity contribution in [1.82, 2.24) is 15.3 Å². The van der Waals surface area contributed by atoms with E-state index in [0.717, 1.165) is 0 Å². The summed E-state index contributed by atoms with van der Waals surface area (Å²) in [5.74, 6) is 0.654. The Balaban J connectivity index is 2.38. The largest absolute Gasteiger partial charge is 0.349 e. The lowest BCUT2D eigenvalue weighted by atomic mass is 10.4. The summed E-state index contributed by atoms with van der Waals surface area (Å²) in [4.78, 5) is 18.7. The molecule has 0 aliphatic heterocycles. The summed E-state index contributed by atoms with van der Waals surface area (Å²) in [6.45, 7) is 2.22. The second-order valence-electron chi connectivity index (χ2n) is 2.30. The van der Waals surface area contributed by atoms with Crippen molar-refractivity contribution >= 4 is 5.91 Å². The first kappa shape index (κ1) is 8.64. The zero-order chi connectivity index (χ0) is 8.81. The summed E-state index contributed by atoms with van der Waals surface area (Å²) in [7, 11) is 0. The average molecular weight is 165 g/mol. The van der Waals surface area contributed by atoms with E-state index < -0.39 is 0 Å². The minimum atomic E-state index is 0.0162. The van der Waals surface area contributed by atoms with Crippen molar-refractivity contribution in [3.63, 3.8) is 0 Å². The Hall–Kier alpha value is -1.45. The van der Waals surface area contributed by atoms with Crippen molar-refractivity contribution in [3.8, 4) is 0 Å². The standard InChI is InChI=1S/C8H11N3O/c1-2-8(12)11-6-7-9-4-3-5-10-7/h3-5H,2,6H2,1H3,(H,11,12). The lowest BCUT2D eigenvalue weighted by Crippen LogP contribution is -2.22. The maximum Gasteiger partial charge on any atom is 0.220 e. The van der Waals surface area contributed by atoms with Crippen molar-refractivity contribution in [2.24, 2.45) is 0 Å². The van der Waals surface area contributed by atoms with Gasteiger partial charge in [0.15, 0.2) is 0 Å². The van der Waals surface area contributed by atoms with Gasteiger partial charge in [-0.3, -0.25) is 4.79 Å². The van der Waals surface area contributed by atoms with Crippen LogP contribution in [0.5, 0.6) is 0 Å². The number of hydrogen-bond donors (Lipinski definition) is 1. The molecule has 0 saturated carbocycles. The Kier molecular flexibility index (Phi) is 3.19. The second kappa shape index (κ2) is 4.43. The molecule has 1 amide bonds. The maximum atomic E-state index is 10.8. The molecule has 1 rings (SSSR count). The molecule has 0 fully saturated rings. The molecule has 0 aromatic carbocycles. The van der Waals surface area contributed by atoms with E-state index >= 15 is 0 Å². The molecule has 4 nitrogen and oxygen atoms in total. The molecule has 0 aliphatic rings. The third-order valence-corrected chi connectivity index (χ3v) is 1.38. The lowest BCUT2D eigenvalue weighted by Gasteiger charge is -2.00. The number of aromatic nitrogens is 2. The molecule has 0 saturated heterocycles. The first-order chi connectivity index (χ1) is 5.83. The van der Waals surface area contributed by atoms with Crippen molar-refractivity contribution in [1.29, 1.82) is 0 Å². The Morgan fingerprint density at radius 1 is 1.50 bits per heavy atom. The molecule has 0 aliphatic carbocycles. The van der Waals surface area contributed by atoms with Crippen LogP contribution in [0.15, 0.2) is 18.5 Å². The van der Waals surface area contributed by atoms with Crippen molar-refractivity contribution < 1.29 is 4.79 Å². The third kappa shape index (κ3) is 2.65. The summed E-state index contributed by atoms with van der Waals surface area (Å²) in [5, 5.41) is 2.68. The van der Waals surface area contributed by atoms with E-state index in [1.807, 2.05) is 0 Å². The molecule has 0 spiro atoms. The summed E-state index contributed by atoms with van der Waals surface area (Å²) < 4.78 is 0. The summed E-state index contributed by atoms with van der Waals surface area (Å²) >= 11 is 0. The number of carbonyl (C=O) groups excluding carboxylic acids is 1. The van der Waals surface area contributed by atoms with Crippen LogP contribution in [0.1, 0.15) is 19.2 Å². The fraction of sp³-hybridized carbons (Fsp3) is 0.375. The molecular weight excluding hydrogens is 154 g/mol. The fourth-order valence-electron chi connectivity index (χ4n) is 0.724.